The third-order valence-electron chi connectivity index (χ3n) is 7.39. The van der Waals surface area contributed by atoms with Gasteiger partial charge in [0.25, 0.3) is 0 Å². The number of hydrogen-bond acceptors (Lipinski definition) is 5. The van der Waals surface area contributed by atoms with Gasteiger partial charge in [0.2, 0.25) is 0 Å². The van der Waals surface area contributed by atoms with Crippen LogP contribution in [0.2, 0.25) is 18.1 Å². The standard InChI is InChI=1S/C23H40O5Si/c1-15(28-29(8,9)21(2,3)4)19-17-11-10-16(12-18(17)20(24)27-19)23(7)25-13-22(5,6)14-26-23/h10-11,15-19H,12-14H2,1-9H3/t15-,16-,17+,18+,19-/m0/s1. The molecule has 3 aliphatic rings. The maximum Gasteiger partial charge on any atom is 0.310 e. The number of rotatable bonds is 4. The van der Waals surface area contributed by atoms with Crippen molar-refractivity contribution in [2.24, 2.45) is 23.2 Å². The Kier molecular flexibility index (Phi) is 5.92. The van der Waals surface area contributed by atoms with Gasteiger partial charge >= 0.3 is 5.97 Å². The molecule has 0 radical (unpaired) electrons. The second-order valence-corrected chi connectivity index (χ2v) is 16.4. The maximum absolute atomic E-state index is 12.7. The first-order chi connectivity index (χ1) is 13.2. The first-order valence-corrected chi connectivity index (χ1v) is 13.9. The highest BCUT2D eigenvalue weighted by molar-refractivity contribution is 6.74. The van der Waals surface area contributed by atoms with Gasteiger partial charge in [-0.25, -0.2) is 0 Å². The lowest BCUT2D eigenvalue weighted by Gasteiger charge is -2.46. The van der Waals surface area contributed by atoms with Crippen molar-refractivity contribution >= 4 is 14.3 Å². The molecule has 0 aromatic carbocycles. The van der Waals surface area contributed by atoms with Crippen molar-refractivity contribution in [3.05, 3.63) is 12.2 Å². The minimum absolute atomic E-state index is 0.0222. The van der Waals surface area contributed by atoms with Gasteiger partial charge in [-0.05, 0) is 38.4 Å². The van der Waals surface area contributed by atoms with Crippen molar-refractivity contribution in [3.63, 3.8) is 0 Å². The van der Waals surface area contributed by atoms with Crippen molar-refractivity contribution in [3.8, 4) is 0 Å². The molecule has 2 saturated heterocycles. The van der Waals surface area contributed by atoms with Gasteiger partial charge < -0.3 is 18.6 Å². The zero-order valence-electron chi connectivity index (χ0n) is 19.7. The van der Waals surface area contributed by atoms with E-state index in [1.165, 1.54) is 0 Å². The van der Waals surface area contributed by atoms with E-state index in [2.05, 4.69) is 66.8 Å². The molecule has 0 bridgehead atoms. The second kappa shape index (κ2) is 7.47. The molecule has 0 aromatic rings. The summed E-state index contributed by atoms with van der Waals surface area (Å²) in [5, 5.41) is 0.120. The Balaban J connectivity index is 1.72. The Hall–Kier alpha value is -0.693. The molecule has 2 heterocycles. The Morgan fingerprint density at radius 2 is 1.72 bits per heavy atom. The predicted molar refractivity (Wildman–Crippen MR) is 116 cm³/mol. The fraction of sp³-hybridized carbons (Fsp3) is 0.870. The fourth-order valence-corrected chi connectivity index (χ4v) is 5.70. The van der Waals surface area contributed by atoms with E-state index in [1.807, 2.05) is 6.92 Å². The third-order valence-corrected chi connectivity index (χ3v) is 12.0. The summed E-state index contributed by atoms with van der Waals surface area (Å²) in [7, 11) is -1.94. The quantitative estimate of drug-likeness (QED) is 0.364. The van der Waals surface area contributed by atoms with E-state index >= 15 is 0 Å². The highest BCUT2D eigenvalue weighted by atomic mass is 28.4. The van der Waals surface area contributed by atoms with Gasteiger partial charge in [0.1, 0.15) is 6.10 Å². The summed E-state index contributed by atoms with van der Waals surface area (Å²) in [5.41, 5.74) is 0.0222. The van der Waals surface area contributed by atoms with E-state index < -0.39 is 14.1 Å². The molecule has 29 heavy (non-hydrogen) atoms. The van der Waals surface area contributed by atoms with Crippen LogP contribution < -0.4 is 0 Å². The van der Waals surface area contributed by atoms with Crippen molar-refractivity contribution in [1.82, 2.24) is 0 Å². The predicted octanol–water partition coefficient (Wildman–Crippen LogP) is 4.92. The molecule has 0 N–H and O–H groups in total. The van der Waals surface area contributed by atoms with E-state index in [-0.39, 0.29) is 46.4 Å². The topological polar surface area (TPSA) is 54.0 Å². The molecule has 2 aliphatic heterocycles. The van der Waals surface area contributed by atoms with E-state index in [0.717, 1.165) is 0 Å². The van der Waals surface area contributed by atoms with Crippen LogP contribution in [-0.2, 0) is 23.4 Å². The molecule has 2 fully saturated rings. The van der Waals surface area contributed by atoms with E-state index in [9.17, 15) is 4.79 Å². The number of fused-ring (bicyclic) bond motifs is 1. The summed E-state index contributed by atoms with van der Waals surface area (Å²) in [4.78, 5) is 12.7. The Labute approximate surface area is 177 Å². The smallest absolute Gasteiger partial charge is 0.310 e. The van der Waals surface area contributed by atoms with Crippen molar-refractivity contribution in [1.29, 1.82) is 0 Å². The van der Waals surface area contributed by atoms with Crippen LogP contribution in [0.4, 0.5) is 0 Å². The Morgan fingerprint density at radius 1 is 1.14 bits per heavy atom. The number of cyclic esters (lactones) is 1. The third kappa shape index (κ3) is 4.50. The van der Waals surface area contributed by atoms with E-state index in [1.54, 1.807) is 0 Å². The minimum Gasteiger partial charge on any atom is -0.459 e. The first-order valence-electron chi connectivity index (χ1n) is 11.0. The number of carbonyl (C=O) groups is 1. The first kappa shape index (κ1) is 23.0. The Bertz CT molecular complexity index is 653. The van der Waals surface area contributed by atoms with Crippen molar-refractivity contribution in [2.75, 3.05) is 13.2 Å². The van der Waals surface area contributed by atoms with Crippen LogP contribution in [0, 0.1) is 23.2 Å². The highest BCUT2D eigenvalue weighted by Gasteiger charge is 2.53. The second-order valence-electron chi connectivity index (χ2n) is 11.7. The molecule has 5 nitrogen and oxygen atoms in total. The van der Waals surface area contributed by atoms with Gasteiger partial charge in [-0.3, -0.25) is 4.79 Å². The minimum atomic E-state index is -1.94. The summed E-state index contributed by atoms with van der Waals surface area (Å²) in [5.74, 6) is -0.845. The lowest BCUT2D eigenvalue weighted by atomic mass is 9.74. The SMILES string of the molecule is C[C@H](O[Si](C)(C)C(C)(C)C)[C@@H]1OC(=O)[C@@H]2C[C@@H](C3(C)OCC(C)(C)CO3)C=C[C@@H]12. The fourth-order valence-electron chi connectivity index (χ4n) is 4.28. The molecular weight excluding hydrogens is 384 g/mol. The van der Waals surface area contributed by atoms with Gasteiger partial charge in [0.15, 0.2) is 14.1 Å². The van der Waals surface area contributed by atoms with Gasteiger partial charge in [-0.2, -0.15) is 0 Å². The number of hydrogen-bond donors (Lipinski definition) is 0. The summed E-state index contributed by atoms with van der Waals surface area (Å²) < 4.78 is 24.7. The van der Waals surface area contributed by atoms with Gasteiger partial charge in [0.05, 0.1) is 25.2 Å². The molecular formula is C23H40O5Si. The lowest BCUT2D eigenvalue weighted by molar-refractivity contribution is -0.308. The van der Waals surface area contributed by atoms with Crippen LogP contribution in [0.5, 0.6) is 0 Å². The van der Waals surface area contributed by atoms with Crippen molar-refractivity contribution < 1.29 is 23.4 Å². The molecule has 166 valence electrons. The number of esters is 1. The average molecular weight is 425 g/mol. The van der Waals surface area contributed by atoms with Gasteiger partial charge in [-0.1, -0.05) is 46.8 Å². The highest BCUT2D eigenvalue weighted by Crippen LogP contribution is 2.46. The molecule has 6 heteroatoms. The van der Waals surface area contributed by atoms with Crippen LogP contribution in [-0.4, -0.2) is 45.5 Å². The molecule has 0 spiro atoms. The summed E-state index contributed by atoms with van der Waals surface area (Å²) >= 11 is 0. The number of ether oxygens (including phenoxy) is 3. The largest absolute Gasteiger partial charge is 0.459 e. The lowest BCUT2D eigenvalue weighted by Crippen LogP contribution is -2.51. The normalized spacial score (nSPS) is 35.1. The summed E-state index contributed by atoms with van der Waals surface area (Å²) in [6.07, 6.45) is 4.68. The molecule has 1 aliphatic carbocycles. The van der Waals surface area contributed by atoms with Crippen LogP contribution in [0.15, 0.2) is 12.2 Å². The molecule has 3 rings (SSSR count). The van der Waals surface area contributed by atoms with Gasteiger partial charge in [0, 0.05) is 17.3 Å². The monoisotopic (exact) mass is 424 g/mol. The van der Waals surface area contributed by atoms with Gasteiger partial charge in [-0.15, -0.1) is 0 Å². The zero-order valence-corrected chi connectivity index (χ0v) is 20.7. The number of carbonyl (C=O) groups excluding carboxylic acids is 1. The molecule has 0 saturated carbocycles. The summed E-state index contributed by atoms with van der Waals surface area (Å²) in [6, 6.07) is 0. The molecule has 0 aromatic heterocycles. The van der Waals surface area contributed by atoms with Crippen LogP contribution >= 0.6 is 0 Å². The maximum atomic E-state index is 12.7. The zero-order chi connectivity index (χ0) is 21.8. The molecule has 0 amide bonds. The van der Waals surface area contributed by atoms with E-state index in [4.69, 9.17) is 18.6 Å². The van der Waals surface area contributed by atoms with Crippen molar-refractivity contribution in [2.45, 2.75) is 91.0 Å². The molecule has 0 unspecified atom stereocenters. The molecule has 5 atom stereocenters. The Morgan fingerprint density at radius 3 is 2.28 bits per heavy atom. The average Bonchev–Trinajstić information content (AvgIpc) is 2.93. The van der Waals surface area contributed by atoms with Crippen LogP contribution in [0.1, 0.15) is 54.9 Å². The van der Waals surface area contributed by atoms with E-state index in [0.29, 0.717) is 19.6 Å². The van der Waals surface area contributed by atoms with Crippen LogP contribution in [0.3, 0.4) is 0 Å². The summed E-state index contributed by atoms with van der Waals surface area (Å²) in [6.45, 7) is 20.8. The van der Waals surface area contributed by atoms with Crippen LogP contribution in [0.25, 0.3) is 0 Å².